The maximum Gasteiger partial charge on any atom is 0.233 e. The molecule has 30 heavy (non-hydrogen) atoms. The number of aromatic nitrogens is 3. The Labute approximate surface area is 181 Å². The number of hydrogen-bond donors (Lipinski definition) is 1. The molecule has 0 unspecified atom stereocenters. The molecule has 9 heteroatoms. The average molecular weight is 434 g/mol. The van der Waals surface area contributed by atoms with Crippen molar-refractivity contribution >= 4 is 23.6 Å². The van der Waals surface area contributed by atoms with Gasteiger partial charge in [0.15, 0.2) is 16.7 Å². The summed E-state index contributed by atoms with van der Waals surface area (Å²) < 4.78 is 7.37. The van der Waals surface area contributed by atoms with Gasteiger partial charge in [-0.2, -0.15) is 0 Å². The number of rotatable bonds is 10. The van der Waals surface area contributed by atoms with Crippen LogP contribution in [0.2, 0.25) is 0 Å². The van der Waals surface area contributed by atoms with Gasteiger partial charge in [0, 0.05) is 32.1 Å². The van der Waals surface area contributed by atoms with Crippen LogP contribution in [0.5, 0.6) is 0 Å². The first-order valence-corrected chi connectivity index (χ1v) is 11.8. The number of hydrogen-bond acceptors (Lipinski definition) is 6. The van der Waals surface area contributed by atoms with Crippen LogP contribution in [0.1, 0.15) is 46.0 Å². The van der Waals surface area contributed by atoms with E-state index in [1.54, 1.807) is 6.26 Å². The number of unbranched alkanes of at least 4 members (excludes halogenated alkanes) is 2. The fourth-order valence-electron chi connectivity index (χ4n) is 3.61. The minimum atomic E-state index is 0.0161. The lowest BCUT2D eigenvalue weighted by Gasteiger charge is -2.31. The Morgan fingerprint density at radius 1 is 1.23 bits per heavy atom. The fourth-order valence-corrected chi connectivity index (χ4v) is 4.51. The lowest BCUT2D eigenvalue weighted by Crippen LogP contribution is -2.43. The van der Waals surface area contributed by atoms with E-state index in [1.165, 1.54) is 11.8 Å². The van der Waals surface area contributed by atoms with E-state index in [0.717, 1.165) is 38.6 Å². The van der Waals surface area contributed by atoms with E-state index in [-0.39, 0.29) is 17.7 Å². The SMILES string of the molecule is CCCCCNC(=O)C1CCN(C(=O)CSc2nnc(-c3ccco3)n2CC)CC1. The molecule has 3 heterocycles. The second kappa shape index (κ2) is 11.2. The van der Waals surface area contributed by atoms with Crippen molar-refractivity contribution in [2.24, 2.45) is 5.92 Å². The summed E-state index contributed by atoms with van der Waals surface area (Å²) >= 11 is 1.39. The van der Waals surface area contributed by atoms with Crippen LogP contribution in [0.4, 0.5) is 0 Å². The number of carbonyl (C=O) groups is 2. The van der Waals surface area contributed by atoms with Crippen molar-refractivity contribution in [3.8, 4) is 11.6 Å². The average Bonchev–Trinajstić information content (AvgIpc) is 3.44. The van der Waals surface area contributed by atoms with Crippen LogP contribution in [-0.4, -0.2) is 56.9 Å². The van der Waals surface area contributed by atoms with Crippen molar-refractivity contribution in [2.75, 3.05) is 25.4 Å². The van der Waals surface area contributed by atoms with Gasteiger partial charge in [-0.15, -0.1) is 10.2 Å². The van der Waals surface area contributed by atoms with Gasteiger partial charge >= 0.3 is 0 Å². The molecule has 2 amide bonds. The van der Waals surface area contributed by atoms with Crippen molar-refractivity contribution in [1.29, 1.82) is 0 Å². The Balaban J connectivity index is 1.45. The Kier molecular flexibility index (Phi) is 8.36. The van der Waals surface area contributed by atoms with Crippen molar-refractivity contribution in [3.63, 3.8) is 0 Å². The lowest BCUT2D eigenvalue weighted by molar-refractivity contribution is -0.133. The number of carbonyl (C=O) groups excluding carboxylic acids is 2. The molecule has 164 valence electrons. The van der Waals surface area contributed by atoms with Gasteiger partial charge in [0.1, 0.15) is 0 Å². The predicted molar refractivity (Wildman–Crippen MR) is 116 cm³/mol. The minimum absolute atomic E-state index is 0.0161. The molecular formula is C21H31N5O3S. The summed E-state index contributed by atoms with van der Waals surface area (Å²) in [6.07, 6.45) is 6.37. The fraction of sp³-hybridized carbons (Fsp3) is 0.619. The summed E-state index contributed by atoms with van der Waals surface area (Å²) in [4.78, 5) is 26.8. The third-order valence-electron chi connectivity index (χ3n) is 5.40. The number of thioether (sulfide) groups is 1. The highest BCUT2D eigenvalue weighted by atomic mass is 32.2. The molecule has 2 aromatic heterocycles. The molecule has 1 fully saturated rings. The maximum atomic E-state index is 12.7. The summed E-state index contributed by atoms with van der Waals surface area (Å²) in [5.74, 6) is 1.87. The van der Waals surface area contributed by atoms with Gasteiger partial charge in [0.05, 0.1) is 12.0 Å². The van der Waals surface area contributed by atoms with Gasteiger partial charge in [-0.1, -0.05) is 31.5 Å². The smallest absolute Gasteiger partial charge is 0.233 e. The van der Waals surface area contributed by atoms with E-state index in [9.17, 15) is 9.59 Å². The molecule has 2 aromatic rings. The zero-order valence-electron chi connectivity index (χ0n) is 17.8. The predicted octanol–water partition coefficient (Wildman–Crippen LogP) is 3.20. The second-order valence-corrected chi connectivity index (χ2v) is 8.41. The van der Waals surface area contributed by atoms with E-state index in [1.807, 2.05) is 28.5 Å². The molecular weight excluding hydrogens is 402 g/mol. The quantitative estimate of drug-likeness (QED) is 0.457. The Morgan fingerprint density at radius 2 is 2.03 bits per heavy atom. The molecule has 0 saturated carbocycles. The summed E-state index contributed by atoms with van der Waals surface area (Å²) in [7, 11) is 0. The van der Waals surface area contributed by atoms with Crippen LogP contribution in [0, 0.1) is 5.92 Å². The number of furan rings is 1. The highest BCUT2D eigenvalue weighted by Gasteiger charge is 2.27. The first kappa shape index (κ1) is 22.4. The lowest BCUT2D eigenvalue weighted by atomic mass is 9.96. The molecule has 1 aliphatic rings. The van der Waals surface area contributed by atoms with Crippen molar-refractivity contribution in [3.05, 3.63) is 18.4 Å². The summed E-state index contributed by atoms with van der Waals surface area (Å²) in [5, 5.41) is 12.2. The van der Waals surface area contributed by atoms with Crippen molar-refractivity contribution < 1.29 is 14.0 Å². The number of nitrogens with one attached hydrogen (secondary N) is 1. The highest BCUT2D eigenvalue weighted by Crippen LogP contribution is 2.25. The number of nitrogens with zero attached hydrogens (tertiary/aromatic N) is 4. The van der Waals surface area contributed by atoms with Gasteiger partial charge in [-0.25, -0.2) is 0 Å². The Morgan fingerprint density at radius 3 is 2.70 bits per heavy atom. The van der Waals surface area contributed by atoms with E-state index < -0.39 is 0 Å². The molecule has 1 N–H and O–H groups in total. The van der Waals surface area contributed by atoms with Crippen LogP contribution < -0.4 is 5.32 Å². The standard InChI is InChI=1S/C21H31N5O3S/c1-3-5-6-11-22-20(28)16-9-12-25(13-10-16)18(27)15-30-21-24-23-19(26(21)4-2)17-8-7-14-29-17/h7-8,14,16H,3-6,9-13,15H2,1-2H3,(H,22,28). The van der Waals surface area contributed by atoms with E-state index >= 15 is 0 Å². The first-order chi connectivity index (χ1) is 14.6. The molecule has 0 atom stereocenters. The van der Waals surface area contributed by atoms with Gasteiger partial charge in [-0.3, -0.25) is 14.2 Å². The number of amides is 2. The van der Waals surface area contributed by atoms with E-state index in [2.05, 4.69) is 22.4 Å². The van der Waals surface area contributed by atoms with Gasteiger partial charge in [0.2, 0.25) is 11.8 Å². The number of piperidine rings is 1. The zero-order chi connectivity index (χ0) is 21.3. The summed E-state index contributed by atoms with van der Waals surface area (Å²) in [6.45, 7) is 6.87. The summed E-state index contributed by atoms with van der Waals surface area (Å²) in [6, 6.07) is 3.66. The first-order valence-electron chi connectivity index (χ1n) is 10.8. The van der Waals surface area contributed by atoms with Crippen LogP contribution in [-0.2, 0) is 16.1 Å². The van der Waals surface area contributed by atoms with Crippen molar-refractivity contribution in [1.82, 2.24) is 25.0 Å². The van der Waals surface area contributed by atoms with Gasteiger partial charge < -0.3 is 14.6 Å². The molecule has 0 bridgehead atoms. The molecule has 0 aromatic carbocycles. The number of likely N-dealkylation sites (tertiary alicyclic amines) is 1. The molecule has 1 saturated heterocycles. The molecule has 0 radical (unpaired) electrons. The minimum Gasteiger partial charge on any atom is -0.461 e. The van der Waals surface area contributed by atoms with Crippen LogP contribution in [0.3, 0.4) is 0 Å². The monoisotopic (exact) mass is 433 g/mol. The normalized spacial score (nSPS) is 14.8. The molecule has 0 aliphatic carbocycles. The third-order valence-corrected chi connectivity index (χ3v) is 6.35. The molecule has 8 nitrogen and oxygen atoms in total. The third kappa shape index (κ3) is 5.65. The van der Waals surface area contributed by atoms with Crippen molar-refractivity contribution in [2.45, 2.75) is 57.7 Å². The van der Waals surface area contributed by atoms with Gasteiger partial charge in [-0.05, 0) is 38.3 Å². The second-order valence-electron chi connectivity index (χ2n) is 7.47. The Hall–Kier alpha value is -2.29. The van der Waals surface area contributed by atoms with Gasteiger partial charge in [0.25, 0.3) is 0 Å². The maximum absolute atomic E-state index is 12.7. The topological polar surface area (TPSA) is 93.3 Å². The van der Waals surface area contributed by atoms with Crippen LogP contribution >= 0.6 is 11.8 Å². The van der Waals surface area contributed by atoms with E-state index in [4.69, 9.17) is 4.42 Å². The largest absolute Gasteiger partial charge is 0.461 e. The van der Waals surface area contributed by atoms with Crippen LogP contribution in [0.25, 0.3) is 11.6 Å². The molecule has 0 spiro atoms. The van der Waals surface area contributed by atoms with Crippen LogP contribution in [0.15, 0.2) is 28.0 Å². The highest BCUT2D eigenvalue weighted by molar-refractivity contribution is 7.99. The zero-order valence-corrected chi connectivity index (χ0v) is 18.6. The molecule has 1 aliphatic heterocycles. The molecule has 3 rings (SSSR count). The summed E-state index contributed by atoms with van der Waals surface area (Å²) in [5.41, 5.74) is 0. The van der Waals surface area contributed by atoms with E-state index in [0.29, 0.717) is 42.1 Å². The Bertz CT molecular complexity index is 813.